The van der Waals surface area contributed by atoms with Crippen molar-refractivity contribution >= 4 is 18.5 Å². The maximum Gasteiger partial charge on any atom is 0.221 e. The van der Waals surface area contributed by atoms with E-state index < -0.39 is 0 Å². The molecule has 0 saturated heterocycles. The van der Waals surface area contributed by atoms with Crippen LogP contribution in [0.5, 0.6) is 0 Å². The minimum absolute atomic E-state index is 0.0139. The van der Waals surface area contributed by atoms with E-state index in [0.717, 1.165) is 19.3 Å². The fourth-order valence-electron chi connectivity index (χ4n) is 1.47. The first-order valence-corrected chi connectivity index (χ1v) is 5.69. The number of carbonyl (C=O) groups is 1. The summed E-state index contributed by atoms with van der Waals surface area (Å²) in [4.78, 5) is 11.4. The second-order valence-electron chi connectivity index (χ2n) is 3.36. The molecule has 78 valence electrons. The molecular formula is C10H21NOS. The molecule has 0 rings (SSSR count). The topological polar surface area (TPSA) is 29.1 Å². The smallest absolute Gasteiger partial charge is 0.221 e. The largest absolute Gasteiger partial charge is 0.351 e. The lowest BCUT2D eigenvalue weighted by molar-refractivity contribution is -0.122. The van der Waals surface area contributed by atoms with Gasteiger partial charge in [0.1, 0.15) is 0 Å². The summed E-state index contributed by atoms with van der Waals surface area (Å²) >= 11 is 4.04. The van der Waals surface area contributed by atoms with E-state index in [9.17, 15) is 4.79 Å². The van der Waals surface area contributed by atoms with E-state index in [-0.39, 0.29) is 11.4 Å². The Morgan fingerprint density at radius 3 is 2.00 bits per heavy atom. The van der Waals surface area contributed by atoms with Crippen molar-refractivity contribution in [1.29, 1.82) is 0 Å². The highest BCUT2D eigenvalue weighted by molar-refractivity contribution is 7.80. The predicted molar refractivity (Wildman–Crippen MR) is 60.2 cm³/mol. The molecule has 0 spiro atoms. The number of nitrogens with one attached hydrogen (secondary N) is 1. The van der Waals surface area contributed by atoms with Crippen molar-refractivity contribution in [3.63, 3.8) is 0 Å². The van der Waals surface area contributed by atoms with Gasteiger partial charge in [0, 0.05) is 12.0 Å². The number of hydrogen-bond acceptors (Lipinski definition) is 2. The summed E-state index contributed by atoms with van der Waals surface area (Å²) < 4.78 is 0. The Labute approximate surface area is 86.9 Å². The summed E-state index contributed by atoms with van der Waals surface area (Å²) in [6, 6.07) is 0. The maximum atomic E-state index is 11.4. The van der Waals surface area contributed by atoms with Gasteiger partial charge < -0.3 is 5.32 Å². The minimum atomic E-state index is 0.0139. The Morgan fingerprint density at radius 2 is 1.69 bits per heavy atom. The van der Waals surface area contributed by atoms with Crippen molar-refractivity contribution in [2.24, 2.45) is 0 Å². The summed E-state index contributed by atoms with van der Waals surface area (Å²) in [6.45, 7) is 6.36. The van der Waals surface area contributed by atoms with Gasteiger partial charge in [-0.05, 0) is 25.0 Å². The first-order valence-electron chi connectivity index (χ1n) is 5.06. The Hall–Kier alpha value is -0.180. The van der Waals surface area contributed by atoms with Gasteiger partial charge in [-0.1, -0.05) is 20.8 Å². The molecule has 0 atom stereocenters. The van der Waals surface area contributed by atoms with Crippen LogP contribution in [0, 0.1) is 0 Å². The first kappa shape index (κ1) is 12.8. The molecule has 3 heteroatoms. The molecule has 1 N–H and O–H groups in total. The second kappa shape index (κ2) is 6.30. The average Bonchev–Trinajstić information content (AvgIpc) is 2.15. The molecule has 0 radical (unpaired) electrons. The zero-order valence-electron chi connectivity index (χ0n) is 8.89. The van der Waals surface area contributed by atoms with Gasteiger partial charge >= 0.3 is 0 Å². The zero-order chi connectivity index (χ0) is 10.3. The van der Waals surface area contributed by atoms with E-state index in [1.54, 1.807) is 0 Å². The molecular weight excluding hydrogens is 182 g/mol. The summed E-state index contributed by atoms with van der Waals surface area (Å²) in [5.41, 5.74) is 0.0139. The molecule has 0 unspecified atom stereocenters. The van der Waals surface area contributed by atoms with Gasteiger partial charge in [-0.15, -0.1) is 0 Å². The lowest BCUT2D eigenvalue weighted by atomic mass is 9.90. The van der Waals surface area contributed by atoms with Gasteiger partial charge in [0.25, 0.3) is 0 Å². The maximum absolute atomic E-state index is 11.4. The average molecular weight is 203 g/mol. The zero-order valence-corrected chi connectivity index (χ0v) is 9.79. The number of amides is 1. The van der Waals surface area contributed by atoms with Crippen LogP contribution in [0.1, 0.15) is 46.5 Å². The molecule has 0 aromatic carbocycles. The van der Waals surface area contributed by atoms with Crippen molar-refractivity contribution < 1.29 is 4.79 Å². The molecule has 0 aromatic rings. The summed E-state index contributed by atoms with van der Waals surface area (Å²) in [6.07, 6.45) is 3.51. The number of carbonyl (C=O) groups excluding carboxylic acids is 1. The normalized spacial score (nSPS) is 11.4. The number of rotatable bonds is 6. The quantitative estimate of drug-likeness (QED) is 0.638. The molecule has 0 fully saturated rings. The highest BCUT2D eigenvalue weighted by Crippen LogP contribution is 2.19. The van der Waals surface area contributed by atoms with Gasteiger partial charge in [0.05, 0.1) is 0 Å². The van der Waals surface area contributed by atoms with E-state index in [1.165, 1.54) is 0 Å². The van der Waals surface area contributed by atoms with Crippen LogP contribution in [0.3, 0.4) is 0 Å². The molecule has 0 bridgehead atoms. The number of thiol groups is 1. The lowest BCUT2D eigenvalue weighted by Crippen LogP contribution is -2.47. The van der Waals surface area contributed by atoms with E-state index in [4.69, 9.17) is 0 Å². The van der Waals surface area contributed by atoms with Gasteiger partial charge in [-0.3, -0.25) is 4.79 Å². The standard InChI is InChI=1S/C10H21NOS/c1-4-10(5-2,6-3)11-9(12)7-8-13/h13H,4-8H2,1-3H3,(H,11,12). The molecule has 0 heterocycles. The fraction of sp³-hybridized carbons (Fsp3) is 0.900. The molecule has 0 aliphatic heterocycles. The van der Waals surface area contributed by atoms with Crippen molar-refractivity contribution in [2.75, 3.05) is 5.75 Å². The monoisotopic (exact) mass is 203 g/mol. The van der Waals surface area contributed by atoms with Crippen LogP contribution < -0.4 is 5.32 Å². The molecule has 0 aliphatic carbocycles. The first-order chi connectivity index (χ1) is 6.14. The second-order valence-corrected chi connectivity index (χ2v) is 3.81. The SMILES string of the molecule is CCC(CC)(CC)NC(=O)CCS. The number of hydrogen-bond donors (Lipinski definition) is 2. The Morgan fingerprint density at radius 1 is 1.23 bits per heavy atom. The molecule has 0 aromatic heterocycles. The van der Waals surface area contributed by atoms with Crippen LogP contribution in [-0.2, 0) is 4.79 Å². The third-order valence-electron chi connectivity index (χ3n) is 2.77. The summed E-state index contributed by atoms with van der Waals surface area (Å²) in [5.74, 6) is 0.750. The molecule has 0 saturated carbocycles. The Balaban J connectivity index is 4.16. The summed E-state index contributed by atoms with van der Waals surface area (Å²) in [5, 5.41) is 3.09. The van der Waals surface area contributed by atoms with Crippen LogP contribution >= 0.6 is 12.6 Å². The van der Waals surface area contributed by atoms with Crippen LogP contribution in [0.2, 0.25) is 0 Å². The third kappa shape index (κ3) is 4.03. The van der Waals surface area contributed by atoms with Gasteiger partial charge in [0.2, 0.25) is 5.91 Å². The summed E-state index contributed by atoms with van der Waals surface area (Å²) in [7, 11) is 0. The highest BCUT2D eigenvalue weighted by atomic mass is 32.1. The van der Waals surface area contributed by atoms with Crippen molar-refractivity contribution in [3.8, 4) is 0 Å². The van der Waals surface area contributed by atoms with E-state index in [1.807, 2.05) is 0 Å². The van der Waals surface area contributed by atoms with Gasteiger partial charge in [-0.25, -0.2) is 0 Å². The van der Waals surface area contributed by atoms with Crippen LogP contribution in [0.4, 0.5) is 0 Å². The molecule has 2 nitrogen and oxygen atoms in total. The molecule has 1 amide bonds. The third-order valence-corrected chi connectivity index (χ3v) is 3.00. The lowest BCUT2D eigenvalue weighted by Gasteiger charge is -2.31. The Kier molecular flexibility index (Phi) is 6.21. The van der Waals surface area contributed by atoms with Crippen molar-refractivity contribution in [2.45, 2.75) is 52.0 Å². The van der Waals surface area contributed by atoms with Gasteiger partial charge in [0.15, 0.2) is 0 Å². The fourth-order valence-corrected chi connectivity index (χ4v) is 1.68. The van der Waals surface area contributed by atoms with Crippen molar-refractivity contribution in [3.05, 3.63) is 0 Å². The predicted octanol–water partition coefficient (Wildman–Crippen LogP) is 2.39. The van der Waals surface area contributed by atoms with E-state index in [0.29, 0.717) is 12.2 Å². The van der Waals surface area contributed by atoms with Crippen molar-refractivity contribution in [1.82, 2.24) is 5.32 Å². The van der Waals surface area contributed by atoms with Crippen LogP contribution in [0.15, 0.2) is 0 Å². The van der Waals surface area contributed by atoms with E-state index in [2.05, 4.69) is 38.7 Å². The molecule has 0 aliphatic rings. The molecule has 13 heavy (non-hydrogen) atoms. The highest BCUT2D eigenvalue weighted by Gasteiger charge is 2.24. The van der Waals surface area contributed by atoms with Crippen LogP contribution in [-0.4, -0.2) is 17.2 Å². The Bertz CT molecular complexity index is 147. The van der Waals surface area contributed by atoms with E-state index >= 15 is 0 Å². The van der Waals surface area contributed by atoms with Gasteiger partial charge in [-0.2, -0.15) is 12.6 Å². The minimum Gasteiger partial charge on any atom is -0.351 e. The van der Waals surface area contributed by atoms with Crippen LogP contribution in [0.25, 0.3) is 0 Å².